The Morgan fingerprint density at radius 1 is 1.47 bits per heavy atom. The minimum atomic E-state index is -0.964. The largest absolute Gasteiger partial charge is 0.478 e. The Kier molecular flexibility index (Phi) is 4.55. The van der Waals surface area contributed by atoms with Crippen molar-refractivity contribution in [1.29, 1.82) is 0 Å². The number of thiophene rings is 1. The van der Waals surface area contributed by atoms with Crippen LogP contribution in [-0.2, 0) is 0 Å². The first-order valence-corrected chi connectivity index (χ1v) is 7.78. The second-order valence-corrected chi connectivity index (χ2v) is 5.98. The van der Waals surface area contributed by atoms with Crippen LogP contribution in [0.3, 0.4) is 0 Å². The zero-order valence-electron chi connectivity index (χ0n) is 10.7. The first-order valence-electron chi connectivity index (χ1n) is 5.92. The Bertz CT molecular complexity index is 583. The quantitative estimate of drug-likeness (QED) is 0.672. The highest BCUT2D eigenvalue weighted by atomic mass is 32.2. The number of hydrogen-bond acceptors (Lipinski definition) is 5. The summed E-state index contributed by atoms with van der Waals surface area (Å²) in [5.74, 6) is 0.491. The van der Waals surface area contributed by atoms with Crippen LogP contribution in [-0.4, -0.2) is 26.8 Å². The van der Waals surface area contributed by atoms with Gasteiger partial charge in [-0.3, -0.25) is 0 Å². The Morgan fingerprint density at radius 2 is 2.26 bits per heavy atom. The highest BCUT2D eigenvalue weighted by Crippen LogP contribution is 2.28. The number of carboxylic acid groups (broad SMARTS) is 1. The molecule has 0 aromatic carbocycles. The second kappa shape index (κ2) is 6.16. The molecule has 0 saturated heterocycles. The van der Waals surface area contributed by atoms with Gasteiger partial charge in [-0.15, -0.1) is 23.1 Å². The number of nitrogens with zero attached hydrogens (tertiary/aromatic N) is 2. The molecule has 0 aliphatic rings. The summed E-state index contributed by atoms with van der Waals surface area (Å²) in [6.07, 6.45) is 0.973. The van der Waals surface area contributed by atoms with Crippen molar-refractivity contribution in [2.45, 2.75) is 25.3 Å². The number of hydrogen-bond donors (Lipinski definition) is 1. The fraction of sp³-hybridized carbons (Fsp3) is 0.308. The molecular weight excluding hydrogens is 280 g/mol. The predicted molar refractivity (Wildman–Crippen MR) is 78.1 cm³/mol. The van der Waals surface area contributed by atoms with Crippen LogP contribution >= 0.6 is 23.1 Å². The first kappa shape index (κ1) is 14.0. The number of carbonyl (C=O) groups is 1. The number of rotatable bonds is 5. The lowest BCUT2D eigenvalue weighted by Crippen LogP contribution is -2.08. The standard InChI is InChI=1S/C13H14N2O2S2/c1-3-6-19-12-10(13(16)17)8(2)14-11(15-12)9-5-4-7-18-9/h4-5,7H,3,6H2,1-2H3,(H,16,17). The fourth-order valence-electron chi connectivity index (χ4n) is 1.61. The van der Waals surface area contributed by atoms with Crippen LogP contribution in [0.25, 0.3) is 10.7 Å². The minimum Gasteiger partial charge on any atom is -0.478 e. The van der Waals surface area contributed by atoms with Crippen molar-refractivity contribution < 1.29 is 9.90 Å². The molecule has 0 radical (unpaired) electrons. The topological polar surface area (TPSA) is 63.1 Å². The SMILES string of the molecule is CCCSc1nc(-c2cccs2)nc(C)c1C(=O)O. The maximum Gasteiger partial charge on any atom is 0.340 e. The molecule has 0 amide bonds. The van der Waals surface area contributed by atoms with Crippen molar-refractivity contribution in [3.05, 3.63) is 28.8 Å². The maximum atomic E-state index is 11.3. The average molecular weight is 294 g/mol. The lowest BCUT2D eigenvalue weighted by atomic mass is 10.2. The Labute approximate surface area is 119 Å². The molecule has 0 spiro atoms. The molecule has 0 unspecified atom stereocenters. The number of carboxylic acids is 1. The van der Waals surface area contributed by atoms with Crippen molar-refractivity contribution in [2.24, 2.45) is 0 Å². The number of thioether (sulfide) groups is 1. The van der Waals surface area contributed by atoms with Crippen LogP contribution < -0.4 is 0 Å². The molecule has 0 bridgehead atoms. The lowest BCUT2D eigenvalue weighted by Gasteiger charge is -2.09. The molecule has 2 rings (SSSR count). The molecule has 2 aromatic heterocycles. The van der Waals surface area contributed by atoms with E-state index in [1.165, 1.54) is 11.8 Å². The van der Waals surface area contributed by atoms with Gasteiger partial charge in [0.15, 0.2) is 5.82 Å². The highest BCUT2D eigenvalue weighted by Gasteiger charge is 2.18. The number of aryl methyl sites for hydroxylation is 1. The summed E-state index contributed by atoms with van der Waals surface area (Å²) < 4.78 is 0. The fourth-order valence-corrected chi connectivity index (χ4v) is 3.20. The summed E-state index contributed by atoms with van der Waals surface area (Å²) in [4.78, 5) is 21.0. The van der Waals surface area contributed by atoms with Crippen LogP contribution in [0.2, 0.25) is 0 Å². The van der Waals surface area contributed by atoms with Gasteiger partial charge in [-0.2, -0.15) is 0 Å². The van der Waals surface area contributed by atoms with E-state index < -0.39 is 5.97 Å². The molecule has 0 atom stereocenters. The first-order chi connectivity index (χ1) is 9.13. The van der Waals surface area contributed by atoms with E-state index in [-0.39, 0.29) is 5.56 Å². The summed E-state index contributed by atoms with van der Waals surface area (Å²) in [6, 6.07) is 3.87. The third-order valence-electron chi connectivity index (χ3n) is 2.46. The van der Waals surface area contributed by atoms with E-state index in [0.717, 1.165) is 17.1 Å². The third kappa shape index (κ3) is 3.13. The number of aromatic carboxylic acids is 1. The molecule has 2 heterocycles. The molecule has 100 valence electrons. The van der Waals surface area contributed by atoms with Gasteiger partial charge in [-0.1, -0.05) is 13.0 Å². The van der Waals surface area contributed by atoms with E-state index in [0.29, 0.717) is 16.5 Å². The highest BCUT2D eigenvalue weighted by molar-refractivity contribution is 7.99. The molecule has 0 aliphatic carbocycles. The van der Waals surface area contributed by atoms with Gasteiger partial charge >= 0.3 is 5.97 Å². The molecule has 0 fully saturated rings. The normalized spacial score (nSPS) is 10.6. The van der Waals surface area contributed by atoms with E-state index in [9.17, 15) is 9.90 Å². The number of aromatic nitrogens is 2. The lowest BCUT2D eigenvalue weighted by molar-refractivity contribution is 0.0691. The van der Waals surface area contributed by atoms with E-state index in [1.54, 1.807) is 18.3 Å². The molecular formula is C13H14N2O2S2. The van der Waals surface area contributed by atoms with Gasteiger partial charge < -0.3 is 5.11 Å². The van der Waals surface area contributed by atoms with E-state index in [2.05, 4.69) is 16.9 Å². The Hall–Kier alpha value is -1.40. The predicted octanol–water partition coefficient (Wildman–Crippen LogP) is 3.71. The van der Waals surface area contributed by atoms with Crippen LogP contribution in [0.1, 0.15) is 29.4 Å². The molecule has 4 nitrogen and oxygen atoms in total. The summed E-state index contributed by atoms with van der Waals surface area (Å²) in [7, 11) is 0. The Morgan fingerprint density at radius 3 is 2.84 bits per heavy atom. The van der Waals surface area contributed by atoms with Crippen LogP contribution in [0, 0.1) is 6.92 Å². The van der Waals surface area contributed by atoms with E-state index in [1.807, 2.05) is 17.5 Å². The van der Waals surface area contributed by atoms with Gasteiger partial charge in [-0.25, -0.2) is 14.8 Å². The van der Waals surface area contributed by atoms with Gasteiger partial charge in [0.1, 0.15) is 10.6 Å². The minimum absolute atomic E-state index is 0.221. The van der Waals surface area contributed by atoms with Crippen LogP contribution in [0.4, 0.5) is 0 Å². The van der Waals surface area contributed by atoms with E-state index in [4.69, 9.17) is 0 Å². The van der Waals surface area contributed by atoms with Gasteiger partial charge in [0.2, 0.25) is 0 Å². The summed E-state index contributed by atoms with van der Waals surface area (Å²) >= 11 is 3.02. The van der Waals surface area contributed by atoms with Crippen molar-refractivity contribution in [3.63, 3.8) is 0 Å². The zero-order valence-corrected chi connectivity index (χ0v) is 12.3. The van der Waals surface area contributed by atoms with Crippen LogP contribution in [0.5, 0.6) is 0 Å². The molecule has 2 aromatic rings. The molecule has 0 aliphatic heterocycles. The second-order valence-electron chi connectivity index (χ2n) is 3.94. The smallest absolute Gasteiger partial charge is 0.340 e. The summed E-state index contributed by atoms with van der Waals surface area (Å²) in [5, 5.41) is 11.8. The van der Waals surface area contributed by atoms with Crippen molar-refractivity contribution >= 4 is 29.1 Å². The summed E-state index contributed by atoms with van der Waals surface area (Å²) in [6.45, 7) is 3.78. The van der Waals surface area contributed by atoms with Crippen molar-refractivity contribution in [3.8, 4) is 10.7 Å². The van der Waals surface area contributed by atoms with Crippen LogP contribution in [0.15, 0.2) is 22.5 Å². The monoisotopic (exact) mass is 294 g/mol. The zero-order chi connectivity index (χ0) is 13.8. The van der Waals surface area contributed by atoms with Crippen molar-refractivity contribution in [2.75, 3.05) is 5.75 Å². The molecule has 19 heavy (non-hydrogen) atoms. The third-order valence-corrected chi connectivity index (χ3v) is 4.50. The maximum absolute atomic E-state index is 11.3. The van der Waals surface area contributed by atoms with Gasteiger partial charge in [0, 0.05) is 0 Å². The van der Waals surface area contributed by atoms with Gasteiger partial charge in [0.05, 0.1) is 10.6 Å². The average Bonchev–Trinajstić information content (AvgIpc) is 2.88. The molecule has 0 saturated carbocycles. The summed E-state index contributed by atoms with van der Waals surface area (Å²) in [5.41, 5.74) is 0.739. The van der Waals surface area contributed by atoms with E-state index >= 15 is 0 Å². The van der Waals surface area contributed by atoms with Gasteiger partial charge in [-0.05, 0) is 30.5 Å². The van der Waals surface area contributed by atoms with Crippen molar-refractivity contribution in [1.82, 2.24) is 9.97 Å². The molecule has 1 N–H and O–H groups in total. The molecule has 6 heteroatoms. The van der Waals surface area contributed by atoms with Gasteiger partial charge in [0.25, 0.3) is 0 Å². The Balaban J connectivity index is 2.50.